The number of anilines is 1. The molecular weight excluding hydrogens is 226 g/mol. The van der Waals surface area contributed by atoms with Crippen LogP contribution in [-0.2, 0) is 0 Å². The molecule has 4 N–H and O–H groups in total. The van der Waals surface area contributed by atoms with Crippen molar-refractivity contribution in [1.29, 1.82) is 0 Å². The fraction of sp³-hybridized carbons (Fsp3) is 0.143. The van der Waals surface area contributed by atoms with E-state index in [1.54, 1.807) is 0 Å². The quantitative estimate of drug-likeness (QED) is 0.844. The largest absolute Gasteiger partial charge is 0.383 e. The molecule has 0 spiro atoms. The lowest BCUT2D eigenvalue weighted by molar-refractivity contribution is 0.100. The highest BCUT2D eigenvalue weighted by molar-refractivity contribution is 6.00. The molecule has 0 unspecified atom stereocenters. The van der Waals surface area contributed by atoms with E-state index in [4.69, 9.17) is 11.5 Å². The number of nitrogens with two attached hydrogens (primary N) is 2. The number of rotatable bonds is 2. The number of nitrogen functional groups attached to an aromatic ring is 1. The molecule has 1 heterocycles. The van der Waals surface area contributed by atoms with Gasteiger partial charge in [0.1, 0.15) is 5.82 Å². The van der Waals surface area contributed by atoms with Gasteiger partial charge in [0.25, 0.3) is 5.91 Å². The first kappa shape index (κ1) is 12.1. The first-order chi connectivity index (χ1) is 8.52. The second kappa shape index (κ2) is 4.49. The minimum Gasteiger partial charge on any atom is -0.383 e. The van der Waals surface area contributed by atoms with Crippen LogP contribution in [-0.4, -0.2) is 10.9 Å². The van der Waals surface area contributed by atoms with E-state index < -0.39 is 5.91 Å². The molecular formula is C14H15N3O. The van der Waals surface area contributed by atoms with Crippen LogP contribution in [0.15, 0.2) is 30.3 Å². The van der Waals surface area contributed by atoms with Gasteiger partial charge in [-0.1, -0.05) is 30.3 Å². The Hall–Kier alpha value is -2.36. The molecule has 1 amide bonds. The van der Waals surface area contributed by atoms with Crippen LogP contribution in [0.5, 0.6) is 0 Å². The number of primary amides is 1. The van der Waals surface area contributed by atoms with Gasteiger partial charge in [0.2, 0.25) is 0 Å². The number of carbonyl (C=O) groups excluding carboxylic acids is 1. The average molecular weight is 241 g/mol. The molecule has 18 heavy (non-hydrogen) atoms. The molecule has 0 bridgehead atoms. The van der Waals surface area contributed by atoms with Crippen molar-refractivity contribution in [2.75, 3.05) is 5.73 Å². The Bertz CT molecular complexity index is 606. The van der Waals surface area contributed by atoms with Gasteiger partial charge in [0, 0.05) is 11.3 Å². The summed E-state index contributed by atoms with van der Waals surface area (Å²) in [6, 6.07) is 9.76. The maximum absolute atomic E-state index is 11.4. The molecule has 0 saturated heterocycles. The highest BCUT2D eigenvalue weighted by Gasteiger charge is 2.17. The predicted octanol–water partition coefficient (Wildman–Crippen LogP) is 2.05. The van der Waals surface area contributed by atoms with Gasteiger partial charge in [-0.3, -0.25) is 4.79 Å². The number of benzene rings is 1. The standard InChI is InChI=1S/C14H15N3O/c1-8-11(10-6-4-3-5-7-10)9(2)17-13(15)12(8)14(16)18/h3-7H,1-2H3,(H2,15,17)(H2,16,18). The summed E-state index contributed by atoms with van der Waals surface area (Å²) in [5.41, 5.74) is 14.9. The van der Waals surface area contributed by atoms with Crippen LogP contribution in [0.4, 0.5) is 5.82 Å². The van der Waals surface area contributed by atoms with Gasteiger partial charge in [-0.05, 0) is 25.0 Å². The highest BCUT2D eigenvalue weighted by atomic mass is 16.1. The Kier molecular flexibility index (Phi) is 3.02. The van der Waals surface area contributed by atoms with Gasteiger partial charge in [0.15, 0.2) is 0 Å². The van der Waals surface area contributed by atoms with Crippen molar-refractivity contribution in [2.24, 2.45) is 5.73 Å². The molecule has 0 saturated carbocycles. The summed E-state index contributed by atoms with van der Waals surface area (Å²) in [5, 5.41) is 0. The van der Waals surface area contributed by atoms with Crippen molar-refractivity contribution in [1.82, 2.24) is 4.98 Å². The van der Waals surface area contributed by atoms with E-state index in [1.807, 2.05) is 44.2 Å². The minimum absolute atomic E-state index is 0.192. The summed E-state index contributed by atoms with van der Waals surface area (Å²) in [5.74, 6) is -0.355. The van der Waals surface area contributed by atoms with E-state index in [2.05, 4.69) is 4.98 Å². The number of aromatic nitrogens is 1. The summed E-state index contributed by atoms with van der Waals surface area (Å²) in [6.07, 6.45) is 0. The third-order valence-corrected chi connectivity index (χ3v) is 2.96. The van der Waals surface area contributed by atoms with Crippen molar-refractivity contribution in [3.05, 3.63) is 47.2 Å². The molecule has 0 atom stereocenters. The number of amides is 1. The second-order valence-corrected chi connectivity index (χ2v) is 4.19. The summed E-state index contributed by atoms with van der Waals surface area (Å²) in [4.78, 5) is 15.6. The van der Waals surface area contributed by atoms with E-state index >= 15 is 0 Å². The summed E-state index contributed by atoms with van der Waals surface area (Å²) >= 11 is 0. The smallest absolute Gasteiger partial charge is 0.252 e. The van der Waals surface area contributed by atoms with Gasteiger partial charge < -0.3 is 11.5 Å². The SMILES string of the molecule is Cc1nc(N)c(C(N)=O)c(C)c1-c1ccccc1. The van der Waals surface area contributed by atoms with Gasteiger partial charge in [-0.25, -0.2) is 4.98 Å². The van der Waals surface area contributed by atoms with Crippen molar-refractivity contribution in [3.63, 3.8) is 0 Å². The van der Waals surface area contributed by atoms with Crippen molar-refractivity contribution < 1.29 is 4.79 Å². The van der Waals surface area contributed by atoms with Crippen LogP contribution >= 0.6 is 0 Å². The lowest BCUT2D eigenvalue weighted by Crippen LogP contribution is -2.17. The van der Waals surface area contributed by atoms with Crippen LogP contribution in [0.3, 0.4) is 0 Å². The molecule has 2 aromatic rings. The summed E-state index contributed by atoms with van der Waals surface area (Å²) in [7, 11) is 0. The molecule has 92 valence electrons. The number of hydrogen-bond acceptors (Lipinski definition) is 3. The van der Waals surface area contributed by atoms with E-state index in [1.165, 1.54) is 0 Å². The Balaban J connectivity index is 2.76. The molecule has 0 aliphatic rings. The molecule has 0 fully saturated rings. The number of carbonyl (C=O) groups is 1. The van der Waals surface area contributed by atoms with E-state index in [9.17, 15) is 4.79 Å². The highest BCUT2D eigenvalue weighted by Crippen LogP contribution is 2.30. The van der Waals surface area contributed by atoms with Crippen LogP contribution in [0, 0.1) is 13.8 Å². The van der Waals surface area contributed by atoms with E-state index in [-0.39, 0.29) is 5.82 Å². The fourth-order valence-electron chi connectivity index (χ4n) is 2.22. The van der Waals surface area contributed by atoms with Gasteiger partial charge in [-0.2, -0.15) is 0 Å². The maximum Gasteiger partial charge on any atom is 0.252 e. The van der Waals surface area contributed by atoms with Crippen molar-refractivity contribution >= 4 is 11.7 Å². The van der Waals surface area contributed by atoms with Gasteiger partial charge in [-0.15, -0.1) is 0 Å². The van der Waals surface area contributed by atoms with Crippen LogP contribution in [0.2, 0.25) is 0 Å². The zero-order valence-electron chi connectivity index (χ0n) is 10.4. The van der Waals surface area contributed by atoms with Crippen molar-refractivity contribution in [2.45, 2.75) is 13.8 Å². The molecule has 4 heteroatoms. The topological polar surface area (TPSA) is 82.0 Å². The first-order valence-electron chi connectivity index (χ1n) is 5.64. The normalized spacial score (nSPS) is 10.3. The minimum atomic E-state index is -0.547. The molecule has 0 radical (unpaired) electrons. The second-order valence-electron chi connectivity index (χ2n) is 4.19. The van der Waals surface area contributed by atoms with Crippen LogP contribution < -0.4 is 11.5 Å². The lowest BCUT2D eigenvalue weighted by atomic mass is 9.95. The lowest BCUT2D eigenvalue weighted by Gasteiger charge is -2.14. The molecule has 0 aliphatic heterocycles. The molecule has 4 nitrogen and oxygen atoms in total. The Labute approximate surface area is 106 Å². The number of pyridine rings is 1. The van der Waals surface area contributed by atoms with Crippen LogP contribution in [0.25, 0.3) is 11.1 Å². The molecule has 1 aromatic heterocycles. The average Bonchev–Trinajstić information content (AvgIpc) is 2.28. The maximum atomic E-state index is 11.4. The number of nitrogens with zero attached hydrogens (tertiary/aromatic N) is 1. The third-order valence-electron chi connectivity index (χ3n) is 2.96. The fourth-order valence-corrected chi connectivity index (χ4v) is 2.22. The monoisotopic (exact) mass is 241 g/mol. The van der Waals surface area contributed by atoms with Gasteiger partial charge in [0.05, 0.1) is 5.56 Å². The van der Waals surface area contributed by atoms with Crippen LogP contribution in [0.1, 0.15) is 21.6 Å². The predicted molar refractivity (Wildman–Crippen MR) is 72.1 cm³/mol. The third kappa shape index (κ3) is 1.93. The zero-order valence-corrected chi connectivity index (χ0v) is 10.4. The number of hydrogen-bond donors (Lipinski definition) is 2. The summed E-state index contributed by atoms with van der Waals surface area (Å²) in [6.45, 7) is 3.71. The Morgan fingerprint density at radius 1 is 1.17 bits per heavy atom. The molecule has 2 rings (SSSR count). The van der Waals surface area contributed by atoms with E-state index in [0.717, 1.165) is 22.4 Å². The van der Waals surface area contributed by atoms with E-state index in [0.29, 0.717) is 5.56 Å². The first-order valence-corrected chi connectivity index (χ1v) is 5.64. The Morgan fingerprint density at radius 3 is 2.33 bits per heavy atom. The number of aryl methyl sites for hydroxylation is 1. The Morgan fingerprint density at radius 2 is 1.78 bits per heavy atom. The van der Waals surface area contributed by atoms with Crippen molar-refractivity contribution in [3.8, 4) is 11.1 Å². The molecule has 0 aliphatic carbocycles. The van der Waals surface area contributed by atoms with Gasteiger partial charge >= 0.3 is 0 Å². The zero-order chi connectivity index (χ0) is 13.3. The summed E-state index contributed by atoms with van der Waals surface area (Å²) < 4.78 is 0. The molecule has 1 aromatic carbocycles.